The van der Waals surface area contributed by atoms with Gasteiger partial charge in [0.1, 0.15) is 10.6 Å². The summed E-state index contributed by atoms with van der Waals surface area (Å²) in [5.74, 6) is -5.53. The van der Waals surface area contributed by atoms with Crippen molar-refractivity contribution in [1.82, 2.24) is 0 Å². The van der Waals surface area contributed by atoms with Gasteiger partial charge in [0.05, 0.1) is 0 Å². The maximum absolute atomic E-state index is 14.2. The minimum atomic E-state index is -5.19. The monoisotopic (exact) mass is 382 g/mol. The largest absolute Gasteiger partial charge is 0.436 e. The molecule has 0 bridgehead atoms. The van der Waals surface area contributed by atoms with Crippen LogP contribution in [-0.2, 0) is 16.0 Å². The SMILES string of the molecule is O=S(=O)(O)c1ccccc1C(F)(F)C(F)C(F)(F)Oc1ccccc1. The fourth-order valence-electron chi connectivity index (χ4n) is 2.01. The second-order valence-corrected chi connectivity index (χ2v) is 6.32. The molecule has 1 N–H and O–H groups in total. The lowest BCUT2D eigenvalue weighted by atomic mass is 10.0. The van der Waals surface area contributed by atoms with Crippen LogP contribution >= 0.6 is 0 Å². The molecule has 2 aromatic carbocycles. The van der Waals surface area contributed by atoms with Gasteiger partial charge >= 0.3 is 12.0 Å². The first-order valence-corrected chi connectivity index (χ1v) is 8.11. The number of rotatable bonds is 6. The van der Waals surface area contributed by atoms with E-state index in [0.29, 0.717) is 12.1 Å². The summed E-state index contributed by atoms with van der Waals surface area (Å²) in [6.07, 6.45) is -9.19. The first-order chi connectivity index (χ1) is 11.5. The highest BCUT2D eigenvalue weighted by Gasteiger charge is 2.60. The van der Waals surface area contributed by atoms with Crippen LogP contribution in [0.1, 0.15) is 5.56 Å². The molecule has 0 radical (unpaired) electrons. The van der Waals surface area contributed by atoms with E-state index in [1.165, 1.54) is 18.2 Å². The lowest BCUT2D eigenvalue weighted by Gasteiger charge is -2.28. The Morgan fingerprint density at radius 1 is 0.920 bits per heavy atom. The van der Waals surface area contributed by atoms with Crippen LogP contribution in [0.2, 0.25) is 0 Å². The number of hydrogen-bond donors (Lipinski definition) is 1. The molecule has 0 aromatic heterocycles. The van der Waals surface area contributed by atoms with Gasteiger partial charge in [-0.15, -0.1) is 0 Å². The molecule has 25 heavy (non-hydrogen) atoms. The van der Waals surface area contributed by atoms with Gasteiger partial charge in [0.2, 0.25) is 0 Å². The summed E-state index contributed by atoms with van der Waals surface area (Å²) in [5, 5.41) is 0. The third-order valence-corrected chi connectivity index (χ3v) is 4.05. The second kappa shape index (κ2) is 6.60. The molecule has 1 unspecified atom stereocenters. The number of benzene rings is 2. The van der Waals surface area contributed by atoms with E-state index in [-0.39, 0.29) is 0 Å². The quantitative estimate of drug-likeness (QED) is 0.605. The lowest BCUT2D eigenvalue weighted by Crippen LogP contribution is -2.46. The Morgan fingerprint density at radius 2 is 1.44 bits per heavy atom. The van der Waals surface area contributed by atoms with Gasteiger partial charge in [-0.25, -0.2) is 4.39 Å². The zero-order valence-corrected chi connectivity index (χ0v) is 13.1. The molecule has 0 saturated carbocycles. The molecule has 136 valence electrons. The Labute approximate surface area is 139 Å². The molecule has 0 amide bonds. The lowest BCUT2D eigenvalue weighted by molar-refractivity contribution is -0.275. The van der Waals surface area contributed by atoms with Crippen molar-refractivity contribution in [3.05, 3.63) is 60.2 Å². The highest BCUT2D eigenvalue weighted by molar-refractivity contribution is 7.85. The Hall–Kier alpha value is -2.20. The first-order valence-electron chi connectivity index (χ1n) is 6.67. The average Bonchev–Trinajstić information content (AvgIpc) is 2.54. The Morgan fingerprint density at radius 3 is 2.00 bits per heavy atom. The maximum atomic E-state index is 14.2. The summed E-state index contributed by atoms with van der Waals surface area (Å²) in [6.45, 7) is 0. The van der Waals surface area contributed by atoms with Crippen molar-refractivity contribution in [2.75, 3.05) is 0 Å². The second-order valence-electron chi connectivity index (χ2n) is 4.93. The highest BCUT2D eigenvalue weighted by Crippen LogP contribution is 2.44. The average molecular weight is 382 g/mol. The Bertz CT molecular complexity index is 840. The predicted octanol–water partition coefficient (Wildman–Crippen LogP) is 4.04. The number of alkyl halides is 5. The molecule has 2 rings (SSSR count). The van der Waals surface area contributed by atoms with Gasteiger partial charge in [0, 0.05) is 5.56 Å². The molecule has 0 heterocycles. The van der Waals surface area contributed by atoms with Crippen molar-refractivity contribution in [2.24, 2.45) is 0 Å². The highest BCUT2D eigenvalue weighted by atomic mass is 32.2. The number of ether oxygens (including phenoxy) is 1. The van der Waals surface area contributed by atoms with Crippen LogP contribution in [0.5, 0.6) is 5.75 Å². The van der Waals surface area contributed by atoms with Crippen LogP contribution in [0.3, 0.4) is 0 Å². The molecule has 0 aliphatic rings. The van der Waals surface area contributed by atoms with Gasteiger partial charge in [0.15, 0.2) is 0 Å². The fourth-order valence-corrected chi connectivity index (χ4v) is 2.74. The standard InChI is InChI=1S/C15H11F5O4S/c16-13(15(19,20)24-10-6-2-1-3-7-10)14(17,18)11-8-4-5-9-12(11)25(21,22)23/h1-9,13H,(H,21,22,23). The van der Waals surface area contributed by atoms with Crippen molar-refractivity contribution in [3.8, 4) is 5.75 Å². The molecule has 0 spiro atoms. The number of halogens is 5. The summed E-state index contributed by atoms with van der Waals surface area (Å²) >= 11 is 0. The van der Waals surface area contributed by atoms with Crippen LogP contribution in [0.25, 0.3) is 0 Å². The van der Waals surface area contributed by atoms with Gasteiger partial charge in [-0.2, -0.15) is 26.0 Å². The zero-order chi connectivity index (χ0) is 18.9. The molecule has 0 saturated heterocycles. The van der Waals surface area contributed by atoms with Gasteiger partial charge in [-0.05, 0) is 18.2 Å². The van der Waals surface area contributed by atoms with E-state index in [4.69, 9.17) is 4.55 Å². The Balaban J connectivity index is 2.42. The van der Waals surface area contributed by atoms with Crippen LogP contribution < -0.4 is 4.74 Å². The van der Waals surface area contributed by atoms with Gasteiger partial charge in [-0.1, -0.05) is 36.4 Å². The number of para-hydroxylation sites is 1. The molecule has 2 aromatic rings. The van der Waals surface area contributed by atoms with E-state index in [1.807, 2.05) is 0 Å². The van der Waals surface area contributed by atoms with Crippen LogP contribution in [0.4, 0.5) is 22.0 Å². The fraction of sp³-hybridized carbons (Fsp3) is 0.200. The topological polar surface area (TPSA) is 63.6 Å². The van der Waals surface area contributed by atoms with Gasteiger partial charge in [-0.3, -0.25) is 4.55 Å². The molecule has 0 aliphatic carbocycles. The first kappa shape index (κ1) is 19.1. The molecular formula is C15H11F5O4S. The third-order valence-electron chi connectivity index (χ3n) is 3.13. The summed E-state index contributed by atoms with van der Waals surface area (Å²) < 4.78 is 105. The van der Waals surface area contributed by atoms with Crippen molar-refractivity contribution in [2.45, 2.75) is 23.1 Å². The van der Waals surface area contributed by atoms with Gasteiger partial charge in [0.25, 0.3) is 16.3 Å². The summed E-state index contributed by atoms with van der Waals surface area (Å²) in [7, 11) is -5.19. The summed E-state index contributed by atoms with van der Waals surface area (Å²) in [5.41, 5.74) is -1.61. The molecule has 0 fully saturated rings. The number of hydrogen-bond acceptors (Lipinski definition) is 3. The van der Waals surface area contributed by atoms with E-state index in [9.17, 15) is 30.4 Å². The van der Waals surface area contributed by atoms with Gasteiger partial charge < -0.3 is 4.74 Å². The van der Waals surface area contributed by atoms with E-state index in [2.05, 4.69) is 4.74 Å². The molecule has 1 atom stereocenters. The molecule has 4 nitrogen and oxygen atoms in total. The van der Waals surface area contributed by atoms with E-state index < -0.39 is 44.5 Å². The summed E-state index contributed by atoms with van der Waals surface area (Å²) in [4.78, 5) is -1.38. The minimum absolute atomic E-state index is 0.425. The van der Waals surface area contributed by atoms with Crippen LogP contribution in [-0.4, -0.2) is 25.3 Å². The van der Waals surface area contributed by atoms with E-state index >= 15 is 0 Å². The van der Waals surface area contributed by atoms with Crippen molar-refractivity contribution < 1.29 is 39.7 Å². The Kier molecular flexibility index (Phi) is 5.05. The predicted molar refractivity (Wildman–Crippen MR) is 77.1 cm³/mol. The molecular weight excluding hydrogens is 371 g/mol. The van der Waals surface area contributed by atoms with E-state index in [1.54, 1.807) is 0 Å². The molecule has 0 aliphatic heterocycles. The summed E-state index contributed by atoms with van der Waals surface area (Å²) in [6, 6.07) is 8.81. The van der Waals surface area contributed by atoms with E-state index in [0.717, 1.165) is 24.3 Å². The minimum Gasteiger partial charge on any atom is -0.430 e. The zero-order valence-electron chi connectivity index (χ0n) is 12.2. The van der Waals surface area contributed by atoms with Crippen molar-refractivity contribution in [1.29, 1.82) is 0 Å². The normalized spacial score (nSPS) is 14.2. The smallest absolute Gasteiger partial charge is 0.430 e. The van der Waals surface area contributed by atoms with Crippen molar-refractivity contribution >= 4 is 10.1 Å². The van der Waals surface area contributed by atoms with Crippen molar-refractivity contribution in [3.63, 3.8) is 0 Å². The van der Waals surface area contributed by atoms with Crippen LogP contribution in [0, 0.1) is 0 Å². The maximum Gasteiger partial charge on any atom is 0.436 e. The third kappa shape index (κ3) is 4.07. The van der Waals surface area contributed by atoms with Crippen LogP contribution in [0.15, 0.2) is 59.5 Å². The molecule has 10 heteroatoms.